The zero-order valence-electron chi connectivity index (χ0n) is 11.5. The van der Waals surface area contributed by atoms with Crippen LogP contribution in [0.3, 0.4) is 0 Å². The smallest absolute Gasteiger partial charge is 0.309 e. The fourth-order valence-corrected chi connectivity index (χ4v) is 1.60. The molecule has 0 radical (unpaired) electrons. The first-order chi connectivity index (χ1) is 8.81. The van der Waals surface area contributed by atoms with Gasteiger partial charge in [0.1, 0.15) is 11.5 Å². The van der Waals surface area contributed by atoms with Crippen LogP contribution in [0.1, 0.15) is 30.6 Å². The van der Waals surface area contributed by atoms with Gasteiger partial charge in [0.15, 0.2) is 5.78 Å². The van der Waals surface area contributed by atoms with E-state index in [0.717, 1.165) is 0 Å². The number of methoxy groups -OCH3 is 2. The largest absolute Gasteiger partial charge is 0.497 e. The van der Waals surface area contributed by atoms with E-state index in [0.29, 0.717) is 17.1 Å². The minimum atomic E-state index is -1.12. The maximum absolute atomic E-state index is 12.2. The van der Waals surface area contributed by atoms with Crippen molar-refractivity contribution in [2.75, 3.05) is 14.2 Å². The van der Waals surface area contributed by atoms with E-state index >= 15 is 0 Å². The van der Waals surface area contributed by atoms with E-state index in [2.05, 4.69) is 0 Å². The maximum Gasteiger partial charge on any atom is 0.309 e. The van der Waals surface area contributed by atoms with Gasteiger partial charge in [-0.1, -0.05) is 0 Å². The molecule has 0 fully saturated rings. The first kappa shape index (κ1) is 15.0. The third-order valence-electron chi connectivity index (χ3n) is 2.89. The van der Waals surface area contributed by atoms with Gasteiger partial charge in [0, 0.05) is 6.42 Å². The fourth-order valence-electron chi connectivity index (χ4n) is 1.60. The summed E-state index contributed by atoms with van der Waals surface area (Å²) in [5.41, 5.74) is -0.790. The van der Waals surface area contributed by atoms with Crippen molar-refractivity contribution in [3.05, 3.63) is 23.8 Å². The van der Waals surface area contributed by atoms with Crippen LogP contribution >= 0.6 is 0 Å². The highest BCUT2D eigenvalue weighted by Gasteiger charge is 2.31. The summed E-state index contributed by atoms with van der Waals surface area (Å²) in [6.45, 7) is 3.03. The SMILES string of the molecule is COc1ccc(OC)c(C(=O)CC(C)(C)C(=O)O)c1. The number of rotatable bonds is 6. The normalized spacial score (nSPS) is 10.9. The molecule has 0 aliphatic heterocycles. The van der Waals surface area contributed by atoms with Gasteiger partial charge in [-0.25, -0.2) is 0 Å². The molecule has 5 nitrogen and oxygen atoms in total. The topological polar surface area (TPSA) is 72.8 Å². The van der Waals surface area contributed by atoms with Gasteiger partial charge in [-0.3, -0.25) is 9.59 Å². The van der Waals surface area contributed by atoms with Crippen LogP contribution in [0.2, 0.25) is 0 Å². The molecule has 0 amide bonds. The van der Waals surface area contributed by atoms with E-state index in [1.807, 2.05) is 0 Å². The Morgan fingerprint density at radius 3 is 2.32 bits per heavy atom. The van der Waals surface area contributed by atoms with Gasteiger partial charge in [-0.2, -0.15) is 0 Å². The van der Waals surface area contributed by atoms with E-state index < -0.39 is 11.4 Å². The Hall–Kier alpha value is -2.04. The molecule has 0 spiro atoms. The number of ketones is 1. The van der Waals surface area contributed by atoms with E-state index in [1.165, 1.54) is 28.1 Å². The van der Waals surface area contributed by atoms with Crippen LogP contribution in [-0.4, -0.2) is 31.1 Å². The predicted molar refractivity (Wildman–Crippen MR) is 69.9 cm³/mol. The summed E-state index contributed by atoms with van der Waals surface area (Å²) in [5.74, 6) is -0.366. The summed E-state index contributed by atoms with van der Waals surface area (Å²) >= 11 is 0. The molecular weight excluding hydrogens is 248 g/mol. The molecule has 19 heavy (non-hydrogen) atoms. The molecule has 104 valence electrons. The lowest BCUT2D eigenvalue weighted by Gasteiger charge is -2.18. The standard InChI is InChI=1S/C14H18O5/c1-14(2,13(16)17)8-11(15)10-7-9(18-3)5-6-12(10)19-4/h5-7H,8H2,1-4H3,(H,16,17). The number of carbonyl (C=O) groups is 2. The minimum absolute atomic E-state index is 0.105. The van der Waals surface area contributed by atoms with Crippen molar-refractivity contribution in [1.82, 2.24) is 0 Å². The van der Waals surface area contributed by atoms with Crippen molar-refractivity contribution in [3.8, 4) is 11.5 Å². The lowest BCUT2D eigenvalue weighted by molar-refractivity contribution is -0.146. The fraction of sp³-hybridized carbons (Fsp3) is 0.429. The zero-order valence-corrected chi connectivity index (χ0v) is 11.5. The number of carboxylic acid groups (broad SMARTS) is 1. The van der Waals surface area contributed by atoms with Crippen molar-refractivity contribution >= 4 is 11.8 Å². The van der Waals surface area contributed by atoms with Gasteiger partial charge in [-0.15, -0.1) is 0 Å². The lowest BCUT2D eigenvalue weighted by atomic mass is 9.85. The molecule has 0 bridgehead atoms. The quantitative estimate of drug-likeness (QED) is 0.800. The van der Waals surface area contributed by atoms with Crippen molar-refractivity contribution in [1.29, 1.82) is 0 Å². The Kier molecular flexibility index (Phi) is 4.53. The summed E-state index contributed by atoms with van der Waals surface area (Å²) in [7, 11) is 2.96. The third kappa shape index (κ3) is 3.47. The molecule has 1 rings (SSSR count). The average molecular weight is 266 g/mol. The summed E-state index contributed by atoms with van der Waals surface area (Å²) in [5, 5.41) is 9.06. The molecule has 0 atom stereocenters. The molecule has 0 unspecified atom stereocenters. The van der Waals surface area contributed by atoms with Crippen LogP contribution < -0.4 is 9.47 Å². The summed E-state index contributed by atoms with van der Waals surface area (Å²) in [6, 6.07) is 4.86. The van der Waals surface area contributed by atoms with E-state index in [4.69, 9.17) is 14.6 Å². The second kappa shape index (κ2) is 5.73. The monoisotopic (exact) mass is 266 g/mol. The molecule has 1 aromatic carbocycles. The number of Topliss-reactive ketones (excluding diaryl/α,β-unsaturated/α-hetero) is 1. The van der Waals surface area contributed by atoms with E-state index in [1.54, 1.807) is 18.2 Å². The van der Waals surface area contributed by atoms with Gasteiger partial charge in [0.2, 0.25) is 0 Å². The Morgan fingerprint density at radius 1 is 1.21 bits per heavy atom. The molecule has 1 aromatic rings. The molecule has 0 heterocycles. The molecule has 0 saturated carbocycles. The summed E-state index contributed by atoms with van der Waals surface area (Å²) in [6.07, 6.45) is -0.105. The Bertz CT molecular complexity index is 491. The summed E-state index contributed by atoms with van der Waals surface area (Å²) < 4.78 is 10.2. The number of carboxylic acids is 1. The van der Waals surface area contributed by atoms with Crippen molar-refractivity contribution in [2.45, 2.75) is 20.3 Å². The second-order valence-corrected chi connectivity index (χ2v) is 4.86. The predicted octanol–water partition coefficient (Wildman–Crippen LogP) is 2.39. The summed E-state index contributed by atoms with van der Waals surface area (Å²) in [4.78, 5) is 23.3. The third-order valence-corrected chi connectivity index (χ3v) is 2.89. The lowest BCUT2D eigenvalue weighted by Crippen LogP contribution is -2.27. The van der Waals surface area contributed by atoms with Gasteiger partial charge in [-0.05, 0) is 32.0 Å². The molecule has 5 heteroatoms. The molecule has 0 aliphatic carbocycles. The van der Waals surface area contributed by atoms with Crippen LogP contribution in [0.5, 0.6) is 11.5 Å². The number of ether oxygens (including phenoxy) is 2. The Morgan fingerprint density at radius 2 is 1.84 bits per heavy atom. The van der Waals surface area contributed by atoms with Crippen molar-refractivity contribution in [3.63, 3.8) is 0 Å². The van der Waals surface area contributed by atoms with Crippen LogP contribution in [0, 0.1) is 5.41 Å². The second-order valence-electron chi connectivity index (χ2n) is 4.86. The molecule has 0 aliphatic rings. The van der Waals surface area contributed by atoms with Gasteiger partial charge in [0.25, 0.3) is 0 Å². The number of aliphatic carboxylic acids is 1. The molecular formula is C14H18O5. The highest BCUT2D eigenvalue weighted by Crippen LogP contribution is 2.29. The van der Waals surface area contributed by atoms with Crippen molar-refractivity contribution < 1.29 is 24.2 Å². The number of hydrogen-bond acceptors (Lipinski definition) is 4. The van der Waals surface area contributed by atoms with Gasteiger partial charge < -0.3 is 14.6 Å². The average Bonchev–Trinajstić information content (AvgIpc) is 2.37. The van der Waals surface area contributed by atoms with E-state index in [-0.39, 0.29) is 12.2 Å². The van der Waals surface area contributed by atoms with Gasteiger partial charge in [0.05, 0.1) is 25.2 Å². The van der Waals surface area contributed by atoms with Gasteiger partial charge >= 0.3 is 5.97 Å². The highest BCUT2D eigenvalue weighted by atomic mass is 16.5. The first-order valence-electron chi connectivity index (χ1n) is 5.80. The Labute approximate surface area is 112 Å². The molecule has 1 N–H and O–H groups in total. The maximum atomic E-state index is 12.2. The van der Waals surface area contributed by atoms with Crippen LogP contribution in [0.25, 0.3) is 0 Å². The number of carbonyl (C=O) groups excluding carboxylic acids is 1. The Balaban J connectivity index is 3.08. The van der Waals surface area contributed by atoms with E-state index in [9.17, 15) is 9.59 Å². The zero-order chi connectivity index (χ0) is 14.6. The minimum Gasteiger partial charge on any atom is -0.497 e. The van der Waals surface area contributed by atoms with Crippen LogP contribution in [0.4, 0.5) is 0 Å². The molecule has 0 aromatic heterocycles. The first-order valence-corrected chi connectivity index (χ1v) is 5.80. The van der Waals surface area contributed by atoms with Crippen LogP contribution in [-0.2, 0) is 4.79 Å². The number of hydrogen-bond donors (Lipinski definition) is 1. The van der Waals surface area contributed by atoms with Crippen LogP contribution in [0.15, 0.2) is 18.2 Å². The number of benzene rings is 1. The van der Waals surface area contributed by atoms with Crippen molar-refractivity contribution in [2.24, 2.45) is 5.41 Å². The molecule has 0 saturated heterocycles. The highest BCUT2D eigenvalue weighted by molar-refractivity contribution is 6.01.